The highest BCUT2D eigenvalue weighted by Crippen LogP contribution is 2.37. The van der Waals surface area contributed by atoms with Crippen molar-refractivity contribution >= 4 is 5.97 Å². The van der Waals surface area contributed by atoms with E-state index >= 15 is 0 Å². The van der Waals surface area contributed by atoms with Gasteiger partial charge in [-0.1, -0.05) is 74.5 Å². The Bertz CT molecular complexity index is 1190. The first-order chi connectivity index (χ1) is 17.6. The average molecular weight is 510 g/mol. The van der Waals surface area contributed by atoms with E-state index in [0.29, 0.717) is 17.5 Å². The van der Waals surface area contributed by atoms with Gasteiger partial charge in [-0.3, -0.25) is 9.69 Å². The van der Waals surface area contributed by atoms with Crippen molar-refractivity contribution in [3.8, 4) is 11.1 Å². The summed E-state index contributed by atoms with van der Waals surface area (Å²) in [6, 6.07) is 21.4. The van der Waals surface area contributed by atoms with Gasteiger partial charge in [0.05, 0.1) is 11.5 Å². The first kappa shape index (κ1) is 26.9. The first-order valence-electron chi connectivity index (χ1n) is 12.9. The molecule has 1 unspecified atom stereocenters. The van der Waals surface area contributed by atoms with Crippen LogP contribution in [0.1, 0.15) is 67.2 Å². The largest absolute Gasteiger partial charge is 0.481 e. The quantitative estimate of drug-likeness (QED) is 0.335. The lowest BCUT2D eigenvalue weighted by atomic mass is 9.83. The van der Waals surface area contributed by atoms with Gasteiger partial charge in [0.25, 0.3) is 0 Å². The molecule has 6 heteroatoms. The zero-order valence-electron chi connectivity index (χ0n) is 21.3. The number of alkyl halides is 3. The minimum Gasteiger partial charge on any atom is -0.481 e. The number of hydrogen-bond acceptors (Lipinski definition) is 2. The van der Waals surface area contributed by atoms with Crippen molar-refractivity contribution < 1.29 is 23.1 Å². The number of aliphatic carboxylic acids is 1. The molecular formula is C31H34F3NO2. The van der Waals surface area contributed by atoms with E-state index in [1.807, 2.05) is 50.2 Å². The zero-order valence-corrected chi connectivity index (χ0v) is 21.3. The Kier molecular flexibility index (Phi) is 8.38. The van der Waals surface area contributed by atoms with Crippen LogP contribution >= 0.6 is 0 Å². The second-order valence-corrected chi connectivity index (χ2v) is 10.5. The number of hydrogen-bond donors (Lipinski definition) is 1. The normalized spacial score (nSPS) is 17.6. The number of benzene rings is 3. The molecule has 0 aromatic heterocycles. The maximum Gasteiger partial charge on any atom is 0.416 e. The van der Waals surface area contributed by atoms with E-state index in [0.717, 1.165) is 55.7 Å². The van der Waals surface area contributed by atoms with Crippen LogP contribution in [0.2, 0.25) is 0 Å². The SMILES string of the molecule is CC(C)C[C@@H](C(=O)O)c1cc(-c2ccc(C(F)(F)F)cc2)cc(C2CCCN(Cc3ccccc3)C2)c1. The van der Waals surface area contributed by atoms with Gasteiger partial charge in [-0.15, -0.1) is 0 Å². The van der Waals surface area contributed by atoms with E-state index in [4.69, 9.17) is 0 Å². The number of nitrogens with zero attached hydrogens (tertiary/aromatic N) is 1. The smallest absolute Gasteiger partial charge is 0.416 e. The Balaban J connectivity index is 1.69. The number of piperidine rings is 1. The van der Waals surface area contributed by atoms with Gasteiger partial charge >= 0.3 is 12.1 Å². The van der Waals surface area contributed by atoms with Crippen LogP contribution in [0.15, 0.2) is 72.8 Å². The molecule has 1 N–H and O–H groups in total. The maximum atomic E-state index is 13.1. The van der Waals surface area contributed by atoms with Gasteiger partial charge in [-0.05, 0) is 77.6 Å². The number of likely N-dealkylation sites (tertiary alicyclic amines) is 1. The van der Waals surface area contributed by atoms with E-state index in [2.05, 4.69) is 17.0 Å². The summed E-state index contributed by atoms with van der Waals surface area (Å²) in [6.07, 6.45) is -1.88. The third-order valence-electron chi connectivity index (χ3n) is 7.16. The predicted octanol–water partition coefficient (Wildman–Crippen LogP) is 7.97. The molecule has 0 radical (unpaired) electrons. The molecule has 4 rings (SSSR count). The fourth-order valence-electron chi connectivity index (χ4n) is 5.30. The van der Waals surface area contributed by atoms with Gasteiger partial charge in [-0.2, -0.15) is 13.2 Å². The van der Waals surface area contributed by atoms with Crippen LogP contribution in [-0.4, -0.2) is 29.1 Å². The van der Waals surface area contributed by atoms with Crippen molar-refractivity contribution in [1.82, 2.24) is 4.90 Å². The van der Waals surface area contributed by atoms with Crippen LogP contribution in [0.5, 0.6) is 0 Å². The van der Waals surface area contributed by atoms with Gasteiger partial charge < -0.3 is 5.11 Å². The van der Waals surface area contributed by atoms with Crippen LogP contribution in [0, 0.1) is 5.92 Å². The van der Waals surface area contributed by atoms with Gasteiger partial charge in [0.15, 0.2) is 0 Å². The number of carboxylic acid groups (broad SMARTS) is 1. The summed E-state index contributed by atoms with van der Waals surface area (Å²) in [7, 11) is 0. The molecule has 3 nitrogen and oxygen atoms in total. The summed E-state index contributed by atoms with van der Waals surface area (Å²) in [5, 5.41) is 10.0. The summed E-state index contributed by atoms with van der Waals surface area (Å²) < 4.78 is 39.4. The van der Waals surface area contributed by atoms with Crippen molar-refractivity contribution in [2.24, 2.45) is 5.92 Å². The fourth-order valence-corrected chi connectivity index (χ4v) is 5.30. The van der Waals surface area contributed by atoms with Crippen molar-refractivity contribution in [3.05, 3.63) is 95.1 Å². The Labute approximate surface area is 216 Å². The van der Waals surface area contributed by atoms with Gasteiger partial charge in [0.1, 0.15) is 0 Å². The van der Waals surface area contributed by atoms with Crippen molar-refractivity contribution in [1.29, 1.82) is 0 Å². The molecule has 196 valence electrons. The van der Waals surface area contributed by atoms with Crippen LogP contribution in [0.3, 0.4) is 0 Å². The summed E-state index contributed by atoms with van der Waals surface area (Å²) in [6.45, 7) is 6.71. The highest BCUT2D eigenvalue weighted by atomic mass is 19.4. The molecule has 1 heterocycles. The Morgan fingerprint density at radius 3 is 2.32 bits per heavy atom. The molecule has 1 aliphatic heterocycles. The first-order valence-corrected chi connectivity index (χ1v) is 12.9. The molecule has 37 heavy (non-hydrogen) atoms. The van der Waals surface area contributed by atoms with Gasteiger partial charge in [0.2, 0.25) is 0 Å². The number of carboxylic acids is 1. The van der Waals surface area contributed by atoms with Crippen LogP contribution in [0.25, 0.3) is 11.1 Å². The van der Waals surface area contributed by atoms with E-state index < -0.39 is 23.6 Å². The molecule has 0 saturated carbocycles. The third kappa shape index (κ3) is 7.01. The topological polar surface area (TPSA) is 40.5 Å². The molecule has 1 fully saturated rings. The van der Waals surface area contributed by atoms with Crippen LogP contribution in [0.4, 0.5) is 13.2 Å². The molecule has 0 aliphatic carbocycles. The molecule has 1 aliphatic rings. The van der Waals surface area contributed by atoms with Crippen molar-refractivity contribution in [2.75, 3.05) is 13.1 Å². The number of carbonyl (C=O) groups is 1. The predicted molar refractivity (Wildman–Crippen MR) is 140 cm³/mol. The van der Waals surface area contributed by atoms with Gasteiger partial charge in [0, 0.05) is 13.1 Å². The molecule has 3 aromatic carbocycles. The lowest BCUT2D eigenvalue weighted by molar-refractivity contribution is -0.139. The minimum atomic E-state index is -4.40. The lowest BCUT2D eigenvalue weighted by Crippen LogP contribution is -2.34. The van der Waals surface area contributed by atoms with E-state index in [1.165, 1.54) is 17.7 Å². The molecule has 0 amide bonds. The van der Waals surface area contributed by atoms with Crippen LogP contribution < -0.4 is 0 Å². The van der Waals surface area contributed by atoms with Gasteiger partial charge in [-0.25, -0.2) is 0 Å². The average Bonchev–Trinajstić information content (AvgIpc) is 2.87. The van der Waals surface area contributed by atoms with Crippen LogP contribution in [-0.2, 0) is 17.5 Å². The highest BCUT2D eigenvalue weighted by molar-refractivity contribution is 5.77. The summed E-state index contributed by atoms with van der Waals surface area (Å²) in [5.74, 6) is -1.13. The van der Waals surface area contributed by atoms with Crippen molar-refractivity contribution in [3.63, 3.8) is 0 Å². The second kappa shape index (κ2) is 11.5. The molecule has 0 spiro atoms. The number of rotatable bonds is 8. The summed E-state index contributed by atoms with van der Waals surface area (Å²) in [4.78, 5) is 14.7. The van der Waals surface area contributed by atoms with E-state index in [9.17, 15) is 23.1 Å². The fraction of sp³-hybridized carbons (Fsp3) is 0.387. The molecule has 2 atom stereocenters. The molecular weight excluding hydrogens is 475 g/mol. The molecule has 3 aromatic rings. The lowest BCUT2D eigenvalue weighted by Gasteiger charge is -2.33. The minimum absolute atomic E-state index is 0.190. The van der Waals surface area contributed by atoms with E-state index in [-0.39, 0.29) is 11.8 Å². The molecule has 1 saturated heterocycles. The second-order valence-electron chi connectivity index (χ2n) is 10.5. The highest BCUT2D eigenvalue weighted by Gasteiger charge is 2.30. The van der Waals surface area contributed by atoms with E-state index in [1.54, 1.807) is 0 Å². The summed E-state index contributed by atoms with van der Waals surface area (Å²) in [5.41, 5.74) is 3.75. The van der Waals surface area contributed by atoms with Crippen molar-refractivity contribution in [2.45, 2.75) is 57.7 Å². The monoisotopic (exact) mass is 509 g/mol. The molecule has 0 bridgehead atoms. The Morgan fingerprint density at radius 1 is 1.00 bits per heavy atom. The maximum absolute atomic E-state index is 13.1. The summed E-state index contributed by atoms with van der Waals surface area (Å²) >= 11 is 0. The standard InChI is InChI=1S/C31H34F3NO2/c1-21(2)15-29(30(36)37)27-17-25(23-10-12-28(13-11-23)31(32,33)34)16-26(18-27)24-9-6-14-35(20-24)19-22-7-4-3-5-8-22/h3-5,7-8,10-13,16-18,21,24,29H,6,9,14-15,19-20H2,1-2H3,(H,36,37)/t24?,29-/m1/s1. The Hall–Kier alpha value is -3.12. The number of halogens is 3. The third-order valence-corrected chi connectivity index (χ3v) is 7.16. The Morgan fingerprint density at radius 2 is 1.70 bits per heavy atom. The zero-order chi connectivity index (χ0) is 26.6.